The molecule has 6 rings (SSSR count). The van der Waals surface area contributed by atoms with Gasteiger partial charge in [-0.25, -0.2) is 0 Å². The van der Waals surface area contributed by atoms with Gasteiger partial charge in [0.2, 0.25) is 0 Å². The van der Waals surface area contributed by atoms with Crippen LogP contribution in [0.25, 0.3) is 0 Å². The summed E-state index contributed by atoms with van der Waals surface area (Å²) in [4.78, 5) is 15.1. The van der Waals surface area contributed by atoms with Crippen LogP contribution in [0.4, 0.5) is 0 Å². The van der Waals surface area contributed by atoms with Crippen molar-refractivity contribution in [3.05, 3.63) is 11.6 Å². The van der Waals surface area contributed by atoms with Crippen molar-refractivity contribution in [2.24, 2.45) is 46.3 Å². The molecule has 0 radical (unpaired) electrons. The molecule has 2 aliphatic heterocycles. The van der Waals surface area contributed by atoms with Gasteiger partial charge < -0.3 is 0 Å². The highest BCUT2D eigenvalue weighted by atomic mass is 16.1. The summed E-state index contributed by atoms with van der Waals surface area (Å²) in [6, 6.07) is 1.74. The quantitative estimate of drug-likeness (QED) is 0.512. The molecule has 10 atom stereocenters. The summed E-state index contributed by atoms with van der Waals surface area (Å²) in [5.74, 6) is 5.77. The van der Waals surface area contributed by atoms with Crippen LogP contribution < -0.4 is 0 Å². The predicted octanol–water partition coefficient (Wildman–Crippen LogP) is 5.86. The average Bonchev–Trinajstić information content (AvgIpc) is 3.15. The van der Waals surface area contributed by atoms with Crippen molar-refractivity contribution in [3.8, 4) is 0 Å². The summed E-state index contributed by atoms with van der Waals surface area (Å²) in [5.41, 5.74) is 2.41. The van der Waals surface area contributed by atoms with Crippen LogP contribution in [0.5, 0.6) is 0 Å². The molecule has 2 heterocycles. The fourth-order valence-corrected chi connectivity index (χ4v) is 10.3. The van der Waals surface area contributed by atoms with Crippen molar-refractivity contribution < 1.29 is 4.79 Å². The van der Waals surface area contributed by atoms with Crippen molar-refractivity contribution in [2.45, 2.75) is 97.6 Å². The third kappa shape index (κ3) is 2.42. The molecule has 6 aliphatic rings. The Morgan fingerprint density at radius 1 is 0.966 bits per heavy atom. The Morgan fingerprint density at radius 2 is 1.79 bits per heavy atom. The highest BCUT2D eigenvalue weighted by molar-refractivity contribution is 5.91. The minimum Gasteiger partial charge on any atom is -0.297 e. The zero-order valence-corrected chi connectivity index (χ0v) is 19.1. The maximum atomic E-state index is 12.1. The normalized spacial score (nSPS) is 56.7. The summed E-state index contributed by atoms with van der Waals surface area (Å²) < 4.78 is 0. The molecular formula is C27H41NO. The first-order valence-corrected chi connectivity index (χ1v) is 12.8. The molecule has 2 heteroatoms. The SMILES string of the molecule is C[C@H]1CC[C@@H]2[C@@H](C)[C@H]3[C@@H](C[C@@H]4[C@H]5CCC6=CC(=O)CC[C@@]6(C)[C@@H]5CC[C@]34C)N2C1. The molecule has 0 unspecified atom stereocenters. The van der Waals surface area contributed by atoms with E-state index in [4.69, 9.17) is 0 Å². The van der Waals surface area contributed by atoms with Gasteiger partial charge in [-0.2, -0.15) is 0 Å². The molecule has 0 amide bonds. The number of carbonyl (C=O) groups excluding carboxylic acids is 1. The Hall–Kier alpha value is -0.630. The van der Waals surface area contributed by atoms with Gasteiger partial charge in [0, 0.05) is 25.0 Å². The zero-order chi connectivity index (χ0) is 20.1. The molecule has 0 spiro atoms. The Balaban J connectivity index is 1.33. The number of nitrogens with zero attached hydrogens (tertiary/aromatic N) is 1. The molecule has 2 nitrogen and oxygen atoms in total. The van der Waals surface area contributed by atoms with Crippen LogP contribution in [0, 0.1) is 46.3 Å². The molecule has 3 saturated carbocycles. The van der Waals surface area contributed by atoms with Gasteiger partial charge >= 0.3 is 0 Å². The lowest BCUT2D eigenvalue weighted by molar-refractivity contribution is -0.117. The van der Waals surface area contributed by atoms with E-state index in [2.05, 4.69) is 38.7 Å². The van der Waals surface area contributed by atoms with Gasteiger partial charge in [-0.3, -0.25) is 9.69 Å². The molecule has 0 aromatic carbocycles. The molecule has 29 heavy (non-hydrogen) atoms. The molecular weight excluding hydrogens is 354 g/mol. The zero-order valence-electron chi connectivity index (χ0n) is 19.1. The van der Waals surface area contributed by atoms with Gasteiger partial charge in [0.15, 0.2) is 5.78 Å². The molecule has 0 aromatic rings. The lowest BCUT2D eigenvalue weighted by Crippen LogP contribution is -2.51. The van der Waals surface area contributed by atoms with Crippen LogP contribution in [0.1, 0.15) is 85.5 Å². The van der Waals surface area contributed by atoms with Gasteiger partial charge in [-0.05, 0) is 104 Å². The topological polar surface area (TPSA) is 20.3 Å². The fourth-order valence-electron chi connectivity index (χ4n) is 10.3. The first kappa shape index (κ1) is 19.1. The Labute approximate surface area is 177 Å². The van der Waals surface area contributed by atoms with E-state index < -0.39 is 0 Å². The number of hydrogen-bond acceptors (Lipinski definition) is 2. The summed E-state index contributed by atoms with van der Waals surface area (Å²) in [6.45, 7) is 11.7. The lowest BCUT2D eigenvalue weighted by atomic mass is 9.46. The van der Waals surface area contributed by atoms with Crippen molar-refractivity contribution in [1.29, 1.82) is 0 Å². The first-order chi connectivity index (χ1) is 13.8. The Kier molecular flexibility index (Phi) is 4.09. The van der Waals surface area contributed by atoms with Crippen molar-refractivity contribution in [3.63, 3.8) is 0 Å². The maximum Gasteiger partial charge on any atom is 0.155 e. The summed E-state index contributed by atoms with van der Waals surface area (Å²) in [5, 5.41) is 0. The van der Waals surface area contributed by atoms with Crippen LogP contribution in [0.3, 0.4) is 0 Å². The number of hydrogen-bond donors (Lipinski definition) is 0. The number of ketones is 1. The predicted molar refractivity (Wildman–Crippen MR) is 117 cm³/mol. The number of carbonyl (C=O) groups is 1. The van der Waals surface area contributed by atoms with E-state index in [0.717, 1.165) is 60.4 Å². The molecule has 0 N–H and O–H groups in total. The molecule has 4 aliphatic carbocycles. The van der Waals surface area contributed by atoms with Crippen molar-refractivity contribution in [2.75, 3.05) is 6.54 Å². The number of allylic oxidation sites excluding steroid dienone is 1. The number of fused-ring (bicyclic) bond motifs is 9. The third-order valence-electron chi connectivity index (χ3n) is 11.6. The lowest BCUT2D eigenvalue weighted by Gasteiger charge is -2.58. The third-order valence-corrected chi connectivity index (χ3v) is 11.6. The van der Waals surface area contributed by atoms with Gasteiger partial charge in [0.05, 0.1) is 0 Å². The smallest absolute Gasteiger partial charge is 0.155 e. The fraction of sp³-hybridized carbons (Fsp3) is 0.889. The van der Waals surface area contributed by atoms with E-state index in [9.17, 15) is 4.79 Å². The standard InChI is InChI=1S/C27H41NO/c1-16-5-8-23-17(2)25-24(28(23)15-16)14-22-20-7-6-18-13-19(29)9-11-26(18,3)21(20)10-12-27(22,25)4/h13,16-17,20-25H,5-12,14-15H2,1-4H3/t16-,17+,20-,21+,22+,23+,24+,25-,26+,27-/m0/s1. The molecule has 0 aromatic heterocycles. The second-order valence-electron chi connectivity index (χ2n) is 12.6. The summed E-state index contributed by atoms with van der Waals surface area (Å²) in [7, 11) is 0. The van der Waals surface area contributed by atoms with Gasteiger partial charge in [-0.1, -0.05) is 33.3 Å². The average molecular weight is 396 g/mol. The first-order valence-electron chi connectivity index (χ1n) is 12.8. The molecule has 0 bridgehead atoms. The highest BCUT2D eigenvalue weighted by Gasteiger charge is 2.66. The molecule has 160 valence electrons. The minimum absolute atomic E-state index is 0.323. The molecule has 5 fully saturated rings. The van der Waals surface area contributed by atoms with E-state index in [1.807, 2.05) is 0 Å². The van der Waals surface area contributed by atoms with Crippen LogP contribution in [0.15, 0.2) is 11.6 Å². The Morgan fingerprint density at radius 3 is 2.62 bits per heavy atom. The number of piperidine rings is 1. The van der Waals surface area contributed by atoms with E-state index in [-0.39, 0.29) is 0 Å². The summed E-state index contributed by atoms with van der Waals surface area (Å²) >= 11 is 0. The highest BCUT2D eigenvalue weighted by Crippen LogP contribution is 2.70. The van der Waals surface area contributed by atoms with E-state index in [1.165, 1.54) is 57.1 Å². The monoisotopic (exact) mass is 395 g/mol. The van der Waals surface area contributed by atoms with E-state index >= 15 is 0 Å². The van der Waals surface area contributed by atoms with Crippen LogP contribution >= 0.6 is 0 Å². The molecule has 2 saturated heterocycles. The van der Waals surface area contributed by atoms with Gasteiger partial charge in [0.25, 0.3) is 0 Å². The Bertz CT molecular complexity index is 756. The second kappa shape index (κ2) is 6.21. The van der Waals surface area contributed by atoms with E-state index in [1.54, 1.807) is 0 Å². The van der Waals surface area contributed by atoms with Crippen molar-refractivity contribution in [1.82, 2.24) is 4.90 Å². The van der Waals surface area contributed by atoms with Gasteiger partial charge in [0.1, 0.15) is 0 Å². The van der Waals surface area contributed by atoms with Crippen LogP contribution in [0.2, 0.25) is 0 Å². The van der Waals surface area contributed by atoms with Gasteiger partial charge in [-0.15, -0.1) is 0 Å². The van der Waals surface area contributed by atoms with Crippen molar-refractivity contribution >= 4 is 5.78 Å². The van der Waals surface area contributed by atoms with Crippen LogP contribution in [-0.4, -0.2) is 29.3 Å². The number of rotatable bonds is 0. The van der Waals surface area contributed by atoms with E-state index in [0.29, 0.717) is 16.6 Å². The van der Waals surface area contributed by atoms with Crippen LogP contribution in [-0.2, 0) is 4.79 Å². The minimum atomic E-state index is 0.323. The summed E-state index contributed by atoms with van der Waals surface area (Å²) in [6.07, 6.45) is 13.8. The largest absolute Gasteiger partial charge is 0.297 e. The maximum absolute atomic E-state index is 12.1. The second-order valence-corrected chi connectivity index (χ2v) is 12.6.